The van der Waals surface area contributed by atoms with Crippen molar-refractivity contribution in [2.45, 2.75) is 103 Å². The Labute approximate surface area is 186 Å². The Morgan fingerprint density at radius 2 is 1.50 bits per heavy atom. The van der Waals surface area contributed by atoms with Gasteiger partial charge in [-0.15, -0.1) is 6.58 Å². The highest BCUT2D eigenvalue weighted by Gasteiger charge is 2.30. The molecule has 0 bridgehead atoms. The van der Waals surface area contributed by atoms with Gasteiger partial charge in [0.1, 0.15) is 0 Å². The molecule has 2 aliphatic rings. The van der Waals surface area contributed by atoms with E-state index >= 15 is 0 Å². The molecule has 1 nitrogen and oxygen atoms in total. The number of methoxy groups -OCH3 is 1. The molecule has 1 aromatic carbocycles. The first-order valence-corrected chi connectivity index (χ1v) is 13.0. The Morgan fingerprint density at radius 1 is 0.900 bits per heavy atom. The SMILES string of the molecule is C=CC[C@H]1CC[C@H](C2CCC(CCCCc3ccc(C(CC)OC)cc3)CC2)CC1. The largest absolute Gasteiger partial charge is 0.377 e. The molecule has 168 valence electrons. The van der Waals surface area contributed by atoms with Gasteiger partial charge in [0.25, 0.3) is 0 Å². The van der Waals surface area contributed by atoms with Crippen molar-refractivity contribution in [3.63, 3.8) is 0 Å². The van der Waals surface area contributed by atoms with E-state index in [9.17, 15) is 0 Å². The van der Waals surface area contributed by atoms with Crippen LogP contribution in [0.1, 0.15) is 108 Å². The zero-order valence-corrected chi connectivity index (χ0v) is 19.8. The van der Waals surface area contributed by atoms with Crippen LogP contribution in [0.3, 0.4) is 0 Å². The molecule has 1 heteroatoms. The molecule has 0 radical (unpaired) electrons. The van der Waals surface area contributed by atoms with E-state index in [1.807, 2.05) is 7.11 Å². The third kappa shape index (κ3) is 6.98. The summed E-state index contributed by atoms with van der Waals surface area (Å²) in [6.07, 6.45) is 22.0. The maximum absolute atomic E-state index is 5.55. The number of benzene rings is 1. The molecule has 0 aromatic heterocycles. The first-order valence-electron chi connectivity index (χ1n) is 13.0. The molecule has 2 aliphatic carbocycles. The van der Waals surface area contributed by atoms with Gasteiger partial charge in [-0.1, -0.05) is 62.9 Å². The minimum absolute atomic E-state index is 0.247. The molecule has 2 saturated carbocycles. The molecule has 0 heterocycles. The summed E-state index contributed by atoms with van der Waals surface area (Å²) in [5, 5.41) is 0. The van der Waals surface area contributed by atoms with E-state index in [-0.39, 0.29) is 6.10 Å². The fourth-order valence-corrected chi connectivity index (χ4v) is 6.28. The second-order valence-corrected chi connectivity index (χ2v) is 10.2. The number of rotatable bonds is 11. The van der Waals surface area contributed by atoms with E-state index in [0.29, 0.717) is 0 Å². The minimum Gasteiger partial charge on any atom is -0.377 e. The van der Waals surface area contributed by atoms with Gasteiger partial charge in [0.05, 0.1) is 6.10 Å². The smallest absolute Gasteiger partial charge is 0.0818 e. The van der Waals surface area contributed by atoms with E-state index in [2.05, 4.69) is 43.8 Å². The number of ether oxygens (including phenoxy) is 1. The lowest BCUT2D eigenvalue weighted by Gasteiger charge is -2.37. The Hall–Kier alpha value is -1.08. The molecule has 0 aliphatic heterocycles. The average Bonchev–Trinajstić information content (AvgIpc) is 2.80. The van der Waals surface area contributed by atoms with E-state index in [1.54, 1.807) is 0 Å². The molecule has 2 fully saturated rings. The predicted molar refractivity (Wildman–Crippen MR) is 130 cm³/mol. The van der Waals surface area contributed by atoms with E-state index < -0.39 is 0 Å². The van der Waals surface area contributed by atoms with Gasteiger partial charge in [-0.25, -0.2) is 0 Å². The highest BCUT2D eigenvalue weighted by Crippen LogP contribution is 2.42. The Balaban J connectivity index is 1.29. The molecule has 0 amide bonds. The number of hydrogen-bond donors (Lipinski definition) is 0. The van der Waals surface area contributed by atoms with Crippen LogP contribution in [0, 0.1) is 23.7 Å². The first kappa shape index (κ1) is 23.6. The lowest BCUT2D eigenvalue weighted by Crippen LogP contribution is -2.25. The van der Waals surface area contributed by atoms with Crippen molar-refractivity contribution in [2.75, 3.05) is 7.11 Å². The minimum atomic E-state index is 0.247. The van der Waals surface area contributed by atoms with Crippen LogP contribution >= 0.6 is 0 Å². The Morgan fingerprint density at radius 3 is 2.03 bits per heavy atom. The van der Waals surface area contributed by atoms with Gasteiger partial charge >= 0.3 is 0 Å². The third-order valence-corrected chi connectivity index (χ3v) is 8.28. The van der Waals surface area contributed by atoms with Crippen LogP contribution in [-0.2, 0) is 11.2 Å². The normalized spacial score (nSPS) is 28.2. The van der Waals surface area contributed by atoms with E-state index in [4.69, 9.17) is 4.74 Å². The Bertz CT molecular complexity index is 583. The van der Waals surface area contributed by atoms with Crippen LogP contribution in [0.25, 0.3) is 0 Å². The topological polar surface area (TPSA) is 9.23 Å². The summed E-state index contributed by atoms with van der Waals surface area (Å²) in [5.41, 5.74) is 2.80. The molecule has 3 rings (SSSR count). The van der Waals surface area contributed by atoms with Crippen molar-refractivity contribution in [1.82, 2.24) is 0 Å². The molecule has 1 unspecified atom stereocenters. The van der Waals surface area contributed by atoms with Crippen molar-refractivity contribution >= 4 is 0 Å². The molecular formula is C29H46O. The van der Waals surface area contributed by atoms with Crippen LogP contribution in [0.5, 0.6) is 0 Å². The van der Waals surface area contributed by atoms with Crippen LogP contribution in [0.15, 0.2) is 36.9 Å². The summed E-state index contributed by atoms with van der Waals surface area (Å²) in [4.78, 5) is 0. The molecule has 1 atom stereocenters. The van der Waals surface area contributed by atoms with Gasteiger partial charge in [-0.2, -0.15) is 0 Å². The molecule has 30 heavy (non-hydrogen) atoms. The van der Waals surface area contributed by atoms with Gasteiger partial charge in [-0.05, 0) is 99.0 Å². The second kappa shape index (κ2) is 12.7. The predicted octanol–water partition coefficient (Wildman–Crippen LogP) is 8.69. The second-order valence-electron chi connectivity index (χ2n) is 10.2. The Kier molecular flexibility index (Phi) is 9.98. The van der Waals surface area contributed by atoms with Gasteiger partial charge < -0.3 is 4.74 Å². The average molecular weight is 411 g/mol. The van der Waals surface area contributed by atoms with Gasteiger partial charge in [0.2, 0.25) is 0 Å². The number of aryl methyl sites for hydroxylation is 1. The first-order chi connectivity index (χ1) is 14.7. The van der Waals surface area contributed by atoms with E-state index in [1.165, 1.54) is 94.6 Å². The van der Waals surface area contributed by atoms with Crippen LogP contribution in [-0.4, -0.2) is 7.11 Å². The summed E-state index contributed by atoms with van der Waals surface area (Å²) in [5.74, 6) is 4.04. The lowest BCUT2D eigenvalue weighted by molar-refractivity contribution is 0.100. The molecule has 0 N–H and O–H groups in total. The monoisotopic (exact) mass is 410 g/mol. The zero-order valence-electron chi connectivity index (χ0n) is 19.8. The highest BCUT2D eigenvalue weighted by molar-refractivity contribution is 5.24. The number of unbranched alkanes of at least 4 members (excludes halogenated alkanes) is 1. The summed E-state index contributed by atoms with van der Waals surface area (Å²) in [6, 6.07) is 9.15. The number of hydrogen-bond acceptors (Lipinski definition) is 1. The quantitative estimate of drug-likeness (QED) is 0.262. The van der Waals surface area contributed by atoms with Crippen molar-refractivity contribution in [3.8, 4) is 0 Å². The lowest BCUT2D eigenvalue weighted by atomic mass is 9.68. The van der Waals surface area contributed by atoms with Crippen LogP contribution in [0.4, 0.5) is 0 Å². The maximum atomic E-state index is 5.55. The summed E-state index contributed by atoms with van der Waals surface area (Å²) < 4.78 is 5.55. The van der Waals surface area contributed by atoms with Crippen LogP contribution in [0.2, 0.25) is 0 Å². The van der Waals surface area contributed by atoms with Crippen molar-refractivity contribution < 1.29 is 4.74 Å². The summed E-state index contributed by atoms with van der Waals surface area (Å²) >= 11 is 0. The molecule has 0 spiro atoms. The van der Waals surface area contributed by atoms with Crippen molar-refractivity contribution in [2.24, 2.45) is 23.7 Å². The standard InChI is InChI=1S/C29H46O/c1-4-8-23-11-17-26(18-12-23)27-19-13-24(14-20-27)9-6-7-10-25-15-21-28(22-16-25)29(5-2)30-3/h4,15-16,21-24,26-27,29H,1,5-14,17-20H2,2-3H3/t23-,24?,26-,27?,29?. The fourth-order valence-electron chi connectivity index (χ4n) is 6.28. The van der Waals surface area contributed by atoms with Gasteiger partial charge in [0.15, 0.2) is 0 Å². The molecular weight excluding hydrogens is 364 g/mol. The molecule has 0 saturated heterocycles. The summed E-state index contributed by atoms with van der Waals surface area (Å²) in [7, 11) is 1.81. The summed E-state index contributed by atoms with van der Waals surface area (Å²) in [6.45, 7) is 6.12. The maximum Gasteiger partial charge on any atom is 0.0818 e. The van der Waals surface area contributed by atoms with Gasteiger partial charge in [0, 0.05) is 7.11 Å². The van der Waals surface area contributed by atoms with Crippen molar-refractivity contribution in [3.05, 3.63) is 48.0 Å². The van der Waals surface area contributed by atoms with Gasteiger partial charge in [-0.3, -0.25) is 0 Å². The van der Waals surface area contributed by atoms with E-state index in [0.717, 1.165) is 30.1 Å². The third-order valence-electron chi connectivity index (χ3n) is 8.28. The fraction of sp³-hybridized carbons (Fsp3) is 0.724. The molecule has 1 aromatic rings. The van der Waals surface area contributed by atoms with Crippen molar-refractivity contribution in [1.29, 1.82) is 0 Å². The zero-order chi connectivity index (χ0) is 21.2. The number of allylic oxidation sites excluding steroid dienone is 1. The van der Waals surface area contributed by atoms with Crippen LogP contribution < -0.4 is 0 Å². The highest BCUT2D eigenvalue weighted by atomic mass is 16.5.